The van der Waals surface area contributed by atoms with Crippen molar-refractivity contribution in [3.8, 4) is 5.75 Å². The third-order valence-electron chi connectivity index (χ3n) is 1.80. The van der Waals surface area contributed by atoms with Crippen molar-refractivity contribution in [1.82, 2.24) is 4.90 Å². The summed E-state index contributed by atoms with van der Waals surface area (Å²) in [5.74, 6) is 0.164. The molecule has 0 saturated heterocycles. The molecule has 1 rings (SSSR count). The van der Waals surface area contributed by atoms with Crippen LogP contribution in [0.1, 0.15) is 0 Å². The van der Waals surface area contributed by atoms with Crippen LogP contribution in [0, 0.1) is 0 Å². The predicted octanol–water partition coefficient (Wildman–Crippen LogP) is 3.22. The van der Waals surface area contributed by atoms with Crippen molar-refractivity contribution >= 4 is 45.0 Å². The van der Waals surface area contributed by atoms with Gasteiger partial charge in [0.2, 0.25) is 0 Å². The summed E-state index contributed by atoms with van der Waals surface area (Å²) < 4.78 is 6.03. The number of carbonyl (C=O) groups excluding carboxylic acids is 1. The van der Waals surface area contributed by atoms with E-state index in [2.05, 4.69) is 15.9 Å². The molecule has 0 spiro atoms. The fourth-order valence-corrected chi connectivity index (χ4v) is 2.25. The zero-order valence-corrected chi connectivity index (χ0v) is 11.9. The molecule has 0 fully saturated rings. The predicted molar refractivity (Wildman–Crippen MR) is 68.4 cm³/mol. The van der Waals surface area contributed by atoms with Gasteiger partial charge in [-0.2, -0.15) is 0 Å². The van der Waals surface area contributed by atoms with Gasteiger partial charge in [-0.15, -0.1) is 0 Å². The number of rotatable bonds is 3. The molecular weight excluding hydrogens is 317 g/mol. The van der Waals surface area contributed by atoms with Crippen LogP contribution in [0.2, 0.25) is 10.0 Å². The van der Waals surface area contributed by atoms with Crippen LogP contribution in [-0.2, 0) is 4.79 Å². The van der Waals surface area contributed by atoms with Gasteiger partial charge in [-0.3, -0.25) is 4.79 Å². The van der Waals surface area contributed by atoms with E-state index >= 15 is 0 Å². The van der Waals surface area contributed by atoms with E-state index in [9.17, 15) is 4.79 Å². The SMILES string of the molecule is CN(C)C(=O)COc1c(Cl)cc(Br)cc1Cl. The fourth-order valence-electron chi connectivity index (χ4n) is 0.930. The Morgan fingerprint density at radius 2 is 1.88 bits per heavy atom. The van der Waals surface area contributed by atoms with E-state index in [1.54, 1.807) is 26.2 Å². The minimum Gasteiger partial charge on any atom is -0.481 e. The average molecular weight is 327 g/mol. The number of hydrogen-bond donors (Lipinski definition) is 0. The molecule has 0 heterocycles. The van der Waals surface area contributed by atoms with Crippen molar-refractivity contribution in [2.45, 2.75) is 0 Å². The van der Waals surface area contributed by atoms with E-state index in [1.807, 2.05) is 0 Å². The topological polar surface area (TPSA) is 29.5 Å². The smallest absolute Gasteiger partial charge is 0.259 e. The van der Waals surface area contributed by atoms with Crippen LogP contribution in [-0.4, -0.2) is 31.5 Å². The number of benzene rings is 1. The first kappa shape index (κ1) is 13.6. The maximum atomic E-state index is 11.3. The quantitative estimate of drug-likeness (QED) is 0.853. The summed E-state index contributed by atoms with van der Waals surface area (Å²) in [6, 6.07) is 3.31. The average Bonchev–Trinajstić information content (AvgIpc) is 2.15. The van der Waals surface area contributed by atoms with Gasteiger partial charge in [0.05, 0.1) is 10.0 Å². The van der Waals surface area contributed by atoms with Crippen molar-refractivity contribution in [2.75, 3.05) is 20.7 Å². The Morgan fingerprint density at radius 1 is 1.38 bits per heavy atom. The fraction of sp³-hybridized carbons (Fsp3) is 0.300. The summed E-state index contributed by atoms with van der Waals surface area (Å²) in [4.78, 5) is 12.7. The molecule has 0 aliphatic heterocycles. The van der Waals surface area contributed by atoms with Gasteiger partial charge in [0.25, 0.3) is 5.91 Å². The maximum Gasteiger partial charge on any atom is 0.259 e. The lowest BCUT2D eigenvalue weighted by atomic mass is 10.3. The van der Waals surface area contributed by atoms with E-state index < -0.39 is 0 Å². The highest BCUT2D eigenvalue weighted by molar-refractivity contribution is 9.10. The van der Waals surface area contributed by atoms with Crippen LogP contribution in [0.3, 0.4) is 0 Å². The molecule has 1 aromatic carbocycles. The summed E-state index contributed by atoms with van der Waals surface area (Å²) in [7, 11) is 3.30. The summed E-state index contributed by atoms with van der Waals surface area (Å²) >= 11 is 15.1. The Morgan fingerprint density at radius 3 is 2.31 bits per heavy atom. The van der Waals surface area contributed by atoms with Gasteiger partial charge in [0, 0.05) is 18.6 Å². The van der Waals surface area contributed by atoms with Crippen LogP contribution < -0.4 is 4.74 Å². The van der Waals surface area contributed by atoms with Crippen LogP contribution in [0.4, 0.5) is 0 Å². The third-order valence-corrected chi connectivity index (χ3v) is 2.82. The molecule has 6 heteroatoms. The molecule has 1 aromatic rings. The molecule has 0 saturated carbocycles. The second-order valence-electron chi connectivity index (χ2n) is 3.28. The summed E-state index contributed by atoms with van der Waals surface area (Å²) in [6.07, 6.45) is 0. The maximum absolute atomic E-state index is 11.3. The third kappa shape index (κ3) is 3.54. The summed E-state index contributed by atoms with van der Waals surface area (Å²) in [6.45, 7) is -0.0892. The van der Waals surface area contributed by atoms with Crippen molar-refractivity contribution < 1.29 is 9.53 Å². The number of halogens is 3. The molecule has 0 aliphatic carbocycles. The molecule has 1 amide bonds. The van der Waals surface area contributed by atoms with Gasteiger partial charge in [-0.05, 0) is 12.1 Å². The van der Waals surface area contributed by atoms with Gasteiger partial charge >= 0.3 is 0 Å². The molecule has 0 N–H and O–H groups in total. The second-order valence-corrected chi connectivity index (χ2v) is 5.01. The second kappa shape index (κ2) is 5.75. The molecule has 0 aromatic heterocycles. The normalized spacial score (nSPS) is 10.1. The molecule has 0 radical (unpaired) electrons. The highest BCUT2D eigenvalue weighted by Gasteiger charge is 2.11. The van der Waals surface area contributed by atoms with Crippen molar-refractivity contribution in [2.24, 2.45) is 0 Å². The Hall–Kier alpha value is -0.450. The molecule has 0 unspecified atom stereocenters. The van der Waals surface area contributed by atoms with Crippen LogP contribution in [0.5, 0.6) is 5.75 Å². The largest absolute Gasteiger partial charge is 0.481 e. The molecule has 88 valence electrons. The molecule has 3 nitrogen and oxygen atoms in total. The van der Waals surface area contributed by atoms with E-state index in [0.717, 1.165) is 4.47 Å². The summed E-state index contributed by atoms with van der Waals surface area (Å²) in [5, 5.41) is 0.733. The monoisotopic (exact) mass is 325 g/mol. The van der Waals surface area contributed by atoms with Crippen LogP contribution in [0.25, 0.3) is 0 Å². The van der Waals surface area contributed by atoms with Crippen LogP contribution in [0.15, 0.2) is 16.6 Å². The number of ether oxygens (including phenoxy) is 1. The molecule has 0 bridgehead atoms. The van der Waals surface area contributed by atoms with Gasteiger partial charge in [-0.1, -0.05) is 39.1 Å². The number of likely N-dealkylation sites (N-methyl/N-ethyl adjacent to an activating group) is 1. The summed E-state index contributed by atoms with van der Waals surface area (Å²) in [5.41, 5.74) is 0. The Kier molecular flexibility index (Phi) is 4.89. The Balaban J connectivity index is 2.78. The first-order valence-electron chi connectivity index (χ1n) is 4.39. The van der Waals surface area contributed by atoms with E-state index in [1.165, 1.54) is 4.90 Å². The van der Waals surface area contributed by atoms with Crippen molar-refractivity contribution in [3.05, 3.63) is 26.7 Å². The van der Waals surface area contributed by atoms with E-state index in [4.69, 9.17) is 27.9 Å². The van der Waals surface area contributed by atoms with Gasteiger partial charge in [-0.25, -0.2) is 0 Å². The number of hydrogen-bond acceptors (Lipinski definition) is 2. The number of nitrogens with zero attached hydrogens (tertiary/aromatic N) is 1. The standard InChI is InChI=1S/C10H10BrCl2NO2/c1-14(2)9(15)5-16-10-7(12)3-6(11)4-8(10)13/h3-4H,5H2,1-2H3. The minimum atomic E-state index is -0.157. The number of carbonyl (C=O) groups is 1. The zero-order chi connectivity index (χ0) is 12.3. The van der Waals surface area contributed by atoms with Gasteiger partial charge < -0.3 is 9.64 Å². The van der Waals surface area contributed by atoms with Crippen molar-refractivity contribution in [3.63, 3.8) is 0 Å². The lowest BCUT2D eigenvalue weighted by molar-refractivity contribution is -0.130. The Bertz CT molecular complexity index is 387. The zero-order valence-electron chi connectivity index (χ0n) is 8.76. The molecule has 0 aliphatic rings. The first-order chi connectivity index (χ1) is 7.41. The minimum absolute atomic E-state index is 0.0892. The Labute approximate surface area is 112 Å². The lowest BCUT2D eigenvalue weighted by Crippen LogP contribution is -2.27. The molecular formula is C10H10BrCl2NO2. The van der Waals surface area contributed by atoms with E-state index in [0.29, 0.717) is 15.8 Å². The highest BCUT2D eigenvalue weighted by Crippen LogP contribution is 2.35. The highest BCUT2D eigenvalue weighted by atomic mass is 79.9. The van der Waals surface area contributed by atoms with Gasteiger partial charge in [0.1, 0.15) is 0 Å². The van der Waals surface area contributed by atoms with E-state index in [-0.39, 0.29) is 12.5 Å². The lowest BCUT2D eigenvalue weighted by Gasteiger charge is -2.13. The molecule has 0 atom stereocenters. The van der Waals surface area contributed by atoms with Gasteiger partial charge in [0.15, 0.2) is 12.4 Å². The number of amides is 1. The van der Waals surface area contributed by atoms with Crippen molar-refractivity contribution in [1.29, 1.82) is 0 Å². The first-order valence-corrected chi connectivity index (χ1v) is 5.94. The molecule has 16 heavy (non-hydrogen) atoms. The van der Waals surface area contributed by atoms with Crippen LogP contribution >= 0.6 is 39.1 Å².